The molecule has 7 aromatic carbocycles. The van der Waals surface area contributed by atoms with Gasteiger partial charge in [-0.1, -0.05) is 167 Å². The molecule has 0 unspecified atom stereocenters. The lowest BCUT2D eigenvalue weighted by atomic mass is 9.69. The first kappa shape index (κ1) is 36.4. The molecule has 0 N–H and O–H groups in total. The molecule has 0 heterocycles. The van der Waals surface area contributed by atoms with Crippen molar-refractivity contribution in [3.05, 3.63) is 254 Å². The molecule has 0 saturated heterocycles. The Morgan fingerprint density at radius 3 is 1.76 bits per heavy atom. The van der Waals surface area contributed by atoms with Crippen LogP contribution in [0.1, 0.15) is 90.6 Å². The second-order valence-electron chi connectivity index (χ2n) is 19.1. The molecule has 6 aliphatic rings. The van der Waals surface area contributed by atoms with Gasteiger partial charge in [0.25, 0.3) is 0 Å². The maximum atomic E-state index is 14.9. The molecule has 0 saturated carbocycles. The average molecular weight is 810 g/mol. The predicted octanol–water partition coefficient (Wildman–Crippen LogP) is 15.2. The molecule has 0 fully saturated rings. The Hall–Kier alpha value is -7.21. The van der Waals surface area contributed by atoms with Crippen LogP contribution in [-0.4, -0.2) is 0 Å². The summed E-state index contributed by atoms with van der Waals surface area (Å²) in [6.07, 6.45) is 6.54. The van der Waals surface area contributed by atoms with Gasteiger partial charge in [0, 0.05) is 38.9 Å². The summed E-state index contributed by atoms with van der Waals surface area (Å²) in [7, 11) is 0. The van der Waals surface area contributed by atoms with Crippen LogP contribution in [0.15, 0.2) is 198 Å². The van der Waals surface area contributed by atoms with E-state index in [4.69, 9.17) is 0 Å². The van der Waals surface area contributed by atoms with Gasteiger partial charge in [0.2, 0.25) is 0 Å². The largest absolute Gasteiger partial charge is 0.314 e. The van der Waals surface area contributed by atoms with Crippen molar-refractivity contribution in [1.29, 1.82) is 0 Å². The number of hydrogen-bond donors (Lipinski definition) is 0. The monoisotopic (exact) mass is 809 g/mol. The normalized spacial score (nSPS) is 17.9. The topological polar surface area (TPSA) is 3.24 Å². The van der Waals surface area contributed by atoms with Crippen molar-refractivity contribution in [2.45, 2.75) is 56.8 Å². The van der Waals surface area contributed by atoms with Crippen LogP contribution >= 0.6 is 0 Å². The van der Waals surface area contributed by atoms with E-state index in [1.807, 2.05) is 6.07 Å². The van der Waals surface area contributed by atoms with Crippen LogP contribution in [0.3, 0.4) is 0 Å². The Balaban J connectivity index is 1.04. The Morgan fingerprint density at radius 2 is 1.05 bits per heavy atom. The molecule has 0 amide bonds. The summed E-state index contributed by atoms with van der Waals surface area (Å²) in [6, 6.07) is 57.1. The number of nitrogens with zero attached hydrogens (tertiary/aromatic N) is 1. The number of hydrogen-bond acceptors (Lipinski definition) is 1. The van der Waals surface area contributed by atoms with Crippen molar-refractivity contribution in [3.63, 3.8) is 0 Å². The minimum absolute atomic E-state index is 0.136. The molecule has 0 atom stereocenters. The predicted molar refractivity (Wildman–Crippen MR) is 256 cm³/mol. The van der Waals surface area contributed by atoms with Gasteiger partial charge in [0.15, 0.2) is 0 Å². The van der Waals surface area contributed by atoms with Crippen LogP contribution < -0.4 is 4.90 Å². The van der Waals surface area contributed by atoms with Gasteiger partial charge in [-0.25, -0.2) is 4.39 Å². The minimum Gasteiger partial charge on any atom is -0.314 e. The van der Waals surface area contributed by atoms with E-state index in [0.717, 1.165) is 46.5 Å². The number of allylic oxidation sites excluding steroid dienone is 8. The summed E-state index contributed by atoms with van der Waals surface area (Å²) in [4.78, 5) is 2.53. The smallest absolute Gasteiger partial charge is 0.123 e. The van der Waals surface area contributed by atoms with Gasteiger partial charge in [-0.15, -0.1) is 0 Å². The average Bonchev–Trinajstić information content (AvgIpc) is 3.94. The Morgan fingerprint density at radius 1 is 0.492 bits per heavy atom. The lowest BCUT2D eigenvalue weighted by molar-refractivity contribution is 0.609. The van der Waals surface area contributed by atoms with Crippen LogP contribution in [-0.2, 0) is 16.2 Å². The lowest BCUT2D eigenvalue weighted by Gasteiger charge is -2.35. The highest BCUT2D eigenvalue weighted by Gasteiger charge is 2.53. The first-order chi connectivity index (χ1) is 30.7. The molecule has 0 aliphatic heterocycles. The second-order valence-corrected chi connectivity index (χ2v) is 19.1. The quantitative estimate of drug-likeness (QED) is 0.160. The molecular weight excluding hydrogens is 766 g/mol. The van der Waals surface area contributed by atoms with Crippen molar-refractivity contribution in [3.8, 4) is 22.3 Å². The van der Waals surface area contributed by atoms with Crippen LogP contribution in [0, 0.1) is 5.82 Å². The van der Waals surface area contributed by atoms with Crippen molar-refractivity contribution < 1.29 is 4.39 Å². The zero-order valence-electron chi connectivity index (χ0n) is 35.9. The lowest BCUT2D eigenvalue weighted by Crippen LogP contribution is -2.26. The highest BCUT2D eigenvalue weighted by atomic mass is 19.1. The number of anilines is 2. The number of rotatable bonds is 4. The third-order valence-electron chi connectivity index (χ3n) is 15.3. The maximum absolute atomic E-state index is 14.9. The standard InChI is InChI=1S/C61H44FN/c1-59(2)49-22-10-5-16-40(49)44-32-29-38(35-55(44)59)63(39-30-33-45-43-31-28-37(62)34-54(43)60(3,4)56(45)36-39)57-27-14-9-19-46(57)47-21-15-26-53-58(47)48-20-8-13-25-52(48)61(53)50-23-11-6-17-41(50)42-18-7-12-24-51(42)61/h5-14,16-20,22-28,30-31,33-36H,29,32H2,1-4H3. The highest BCUT2D eigenvalue weighted by molar-refractivity contribution is 6.15. The molecule has 13 rings (SSSR count). The summed E-state index contributed by atoms with van der Waals surface area (Å²) in [6.45, 7) is 9.23. The molecule has 0 bridgehead atoms. The first-order valence-electron chi connectivity index (χ1n) is 22.3. The minimum atomic E-state index is -0.480. The van der Waals surface area contributed by atoms with Crippen molar-refractivity contribution >= 4 is 28.1 Å². The van der Waals surface area contributed by atoms with E-state index in [2.05, 4.69) is 196 Å². The number of benzene rings is 7. The Kier molecular flexibility index (Phi) is 7.34. The molecule has 2 heteroatoms. The number of halogens is 1. The second kappa shape index (κ2) is 12.7. The molecule has 1 spiro atoms. The molecular formula is C61H44FN. The fourth-order valence-corrected chi connectivity index (χ4v) is 12.6. The molecule has 63 heavy (non-hydrogen) atoms. The fraction of sp³-hybridized carbons (Fsp3) is 0.148. The molecule has 1 nitrogen and oxygen atoms in total. The molecule has 7 aromatic rings. The summed E-state index contributed by atoms with van der Waals surface area (Å²) in [5, 5.41) is 0. The van der Waals surface area contributed by atoms with Crippen LogP contribution in [0.25, 0.3) is 39.0 Å². The van der Waals surface area contributed by atoms with Crippen molar-refractivity contribution in [2.24, 2.45) is 0 Å². The van der Waals surface area contributed by atoms with Gasteiger partial charge >= 0.3 is 0 Å². The van der Waals surface area contributed by atoms with E-state index in [9.17, 15) is 4.39 Å². The SMILES string of the molecule is CC1(C)C2=C(CCC(N(c3ccc4c(c3)C(C)(C)c3cc(F)ccc3-4)c3ccccc3C3=C=C=CC4=C3c3ccccc3C43c4ccccc4-c4ccccc43)=C2)c2ccccc21. The molecule has 6 aliphatic carbocycles. The van der Waals surface area contributed by atoms with Crippen LogP contribution in [0.5, 0.6) is 0 Å². The van der Waals surface area contributed by atoms with E-state index < -0.39 is 5.41 Å². The van der Waals surface area contributed by atoms with Gasteiger partial charge in [-0.3, -0.25) is 0 Å². The summed E-state index contributed by atoms with van der Waals surface area (Å²) < 4.78 is 14.9. The van der Waals surface area contributed by atoms with E-state index in [1.165, 1.54) is 83.6 Å². The number of para-hydroxylation sites is 1. The molecule has 300 valence electrons. The van der Waals surface area contributed by atoms with Crippen molar-refractivity contribution in [1.82, 2.24) is 0 Å². The molecule has 0 aromatic heterocycles. The number of fused-ring (bicyclic) bond motifs is 14. The van der Waals surface area contributed by atoms with Gasteiger partial charge < -0.3 is 4.90 Å². The zero-order chi connectivity index (χ0) is 42.4. The first-order valence-corrected chi connectivity index (χ1v) is 22.3. The van der Waals surface area contributed by atoms with E-state index in [0.29, 0.717) is 0 Å². The van der Waals surface area contributed by atoms with Crippen LogP contribution in [0.4, 0.5) is 15.8 Å². The maximum Gasteiger partial charge on any atom is 0.123 e. The van der Waals surface area contributed by atoms with Gasteiger partial charge in [0.05, 0.1) is 11.1 Å². The Labute approximate surface area is 368 Å². The summed E-state index contributed by atoms with van der Waals surface area (Å²) in [5.41, 5.74) is 32.3. The summed E-state index contributed by atoms with van der Waals surface area (Å²) in [5.74, 6) is -0.196. The van der Waals surface area contributed by atoms with Crippen LogP contribution in [0.2, 0.25) is 0 Å². The molecule has 0 radical (unpaired) electrons. The summed E-state index contributed by atoms with van der Waals surface area (Å²) >= 11 is 0. The van der Waals surface area contributed by atoms with Gasteiger partial charge in [-0.2, -0.15) is 0 Å². The third-order valence-corrected chi connectivity index (χ3v) is 15.3. The highest BCUT2D eigenvalue weighted by Crippen LogP contribution is 2.64. The van der Waals surface area contributed by atoms with Gasteiger partial charge in [0.1, 0.15) is 5.82 Å². The zero-order valence-corrected chi connectivity index (χ0v) is 35.9. The van der Waals surface area contributed by atoms with Gasteiger partial charge in [-0.05, 0) is 139 Å². The van der Waals surface area contributed by atoms with Crippen molar-refractivity contribution in [2.75, 3.05) is 4.90 Å². The Bertz CT molecular complexity index is 3390. The van der Waals surface area contributed by atoms with E-state index in [1.54, 1.807) is 12.1 Å². The van der Waals surface area contributed by atoms with E-state index >= 15 is 0 Å². The fourth-order valence-electron chi connectivity index (χ4n) is 12.6. The third kappa shape index (κ3) is 4.67. The van der Waals surface area contributed by atoms with E-state index in [-0.39, 0.29) is 16.6 Å².